The molecule has 0 aromatic heterocycles. The zero-order valence-electron chi connectivity index (χ0n) is 5.29. The van der Waals surface area contributed by atoms with E-state index in [0.29, 0.717) is 0 Å². The maximum Gasteiger partial charge on any atom is 0.284 e. The zero-order valence-corrected chi connectivity index (χ0v) is 5.29. The molecule has 0 aromatic rings. The van der Waals surface area contributed by atoms with E-state index in [1.807, 2.05) is 0 Å². The molecule has 5 nitrogen and oxygen atoms in total. The lowest BCUT2D eigenvalue weighted by Crippen LogP contribution is -2.24. The second-order valence-corrected chi connectivity index (χ2v) is 1.75. The number of ketones is 1. The van der Waals surface area contributed by atoms with Gasteiger partial charge in [0.05, 0.1) is 0 Å². The van der Waals surface area contributed by atoms with Crippen LogP contribution < -0.4 is 11.5 Å². The number of carbonyl (C=O) groups excluding carboxylic acids is 3. The maximum atomic E-state index is 10.4. The Morgan fingerprint density at radius 3 is 1.80 bits per heavy atom. The topological polar surface area (TPSA) is 103 Å². The van der Waals surface area contributed by atoms with E-state index in [0.717, 1.165) is 0 Å². The molecular weight excluding hydrogens is 136 g/mol. The van der Waals surface area contributed by atoms with Gasteiger partial charge in [-0.15, -0.1) is 0 Å². The van der Waals surface area contributed by atoms with Crippen molar-refractivity contribution in [3.63, 3.8) is 0 Å². The van der Waals surface area contributed by atoms with E-state index in [2.05, 4.69) is 5.73 Å². The molecule has 0 rings (SSSR count). The molecule has 56 valence electrons. The summed E-state index contributed by atoms with van der Waals surface area (Å²) in [6.45, 7) is 0. The molecule has 0 aliphatic carbocycles. The van der Waals surface area contributed by atoms with Gasteiger partial charge in [0.25, 0.3) is 5.91 Å². The Bertz CT molecular complexity index is 176. The summed E-state index contributed by atoms with van der Waals surface area (Å²) in [5, 5.41) is 0. The third-order valence-electron chi connectivity index (χ3n) is 0.873. The SMILES string of the molecule is NC(=O)CCC(=O)C(N)=O. The van der Waals surface area contributed by atoms with Crippen molar-refractivity contribution in [2.24, 2.45) is 11.5 Å². The summed E-state index contributed by atoms with van der Waals surface area (Å²) in [6, 6.07) is 0. The van der Waals surface area contributed by atoms with Crippen LogP contribution in [0.1, 0.15) is 12.8 Å². The molecule has 0 aromatic carbocycles. The van der Waals surface area contributed by atoms with E-state index >= 15 is 0 Å². The predicted octanol–water partition coefficient (Wildman–Crippen LogP) is -1.69. The third-order valence-corrected chi connectivity index (χ3v) is 0.873. The van der Waals surface area contributed by atoms with Crippen LogP contribution >= 0.6 is 0 Å². The second kappa shape index (κ2) is 3.60. The number of Topliss-reactive ketones (excluding diaryl/α,β-unsaturated/α-hetero) is 1. The monoisotopic (exact) mass is 144 g/mol. The summed E-state index contributed by atoms with van der Waals surface area (Å²) in [7, 11) is 0. The quantitative estimate of drug-likeness (QED) is 0.460. The van der Waals surface area contributed by atoms with Crippen LogP contribution in [0, 0.1) is 0 Å². The first kappa shape index (κ1) is 8.61. The van der Waals surface area contributed by atoms with Crippen molar-refractivity contribution in [2.75, 3.05) is 0 Å². The lowest BCUT2D eigenvalue weighted by molar-refractivity contribution is -0.136. The molecule has 10 heavy (non-hydrogen) atoms. The summed E-state index contributed by atoms with van der Waals surface area (Å²) in [4.78, 5) is 30.4. The minimum atomic E-state index is -1.03. The van der Waals surface area contributed by atoms with Gasteiger partial charge in [-0.05, 0) is 0 Å². The minimum Gasteiger partial charge on any atom is -0.370 e. The molecule has 2 amide bonds. The van der Waals surface area contributed by atoms with Crippen LogP contribution in [-0.4, -0.2) is 17.6 Å². The smallest absolute Gasteiger partial charge is 0.284 e. The van der Waals surface area contributed by atoms with Crippen molar-refractivity contribution in [3.05, 3.63) is 0 Å². The normalized spacial score (nSPS) is 8.80. The van der Waals surface area contributed by atoms with Gasteiger partial charge in [0.15, 0.2) is 0 Å². The highest BCUT2D eigenvalue weighted by Crippen LogP contribution is 1.87. The number of rotatable bonds is 4. The summed E-state index contributed by atoms with van der Waals surface area (Å²) in [5.74, 6) is -2.41. The summed E-state index contributed by atoms with van der Waals surface area (Å²) < 4.78 is 0. The molecule has 0 fully saturated rings. The Balaban J connectivity index is 3.60. The molecule has 0 saturated carbocycles. The van der Waals surface area contributed by atoms with Crippen molar-refractivity contribution in [2.45, 2.75) is 12.8 Å². The van der Waals surface area contributed by atoms with Gasteiger partial charge in [0.2, 0.25) is 11.7 Å². The fourth-order valence-corrected chi connectivity index (χ4v) is 0.360. The number of hydrogen-bond donors (Lipinski definition) is 2. The van der Waals surface area contributed by atoms with Crippen LogP contribution in [0.25, 0.3) is 0 Å². The Kier molecular flexibility index (Phi) is 3.10. The largest absolute Gasteiger partial charge is 0.370 e. The third kappa shape index (κ3) is 3.59. The van der Waals surface area contributed by atoms with E-state index in [4.69, 9.17) is 5.73 Å². The molecule has 0 radical (unpaired) electrons. The minimum absolute atomic E-state index is 0.123. The van der Waals surface area contributed by atoms with E-state index in [9.17, 15) is 14.4 Å². The van der Waals surface area contributed by atoms with Crippen molar-refractivity contribution >= 4 is 17.6 Å². The molecule has 4 N–H and O–H groups in total. The summed E-state index contributed by atoms with van der Waals surface area (Å²) in [6.07, 6.45) is -0.313. The molecule has 0 bridgehead atoms. The molecule has 0 spiro atoms. The highest BCUT2D eigenvalue weighted by atomic mass is 16.2. The highest BCUT2D eigenvalue weighted by molar-refractivity contribution is 6.35. The van der Waals surface area contributed by atoms with Gasteiger partial charge < -0.3 is 11.5 Å². The Morgan fingerprint density at radius 2 is 1.50 bits per heavy atom. The predicted molar refractivity (Wildman–Crippen MR) is 32.6 cm³/mol. The second-order valence-electron chi connectivity index (χ2n) is 1.75. The van der Waals surface area contributed by atoms with Gasteiger partial charge in [-0.2, -0.15) is 0 Å². The number of primary amides is 2. The van der Waals surface area contributed by atoms with Crippen molar-refractivity contribution in [3.8, 4) is 0 Å². The zero-order chi connectivity index (χ0) is 8.15. The van der Waals surface area contributed by atoms with E-state index in [-0.39, 0.29) is 12.8 Å². The van der Waals surface area contributed by atoms with E-state index in [1.54, 1.807) is 0 Å². The van der Waals surface area contributed by atoms with Gasteiger partial charge in [-0.1, -0.05) is 0 Å². The fourth-order valence-electron chi connectivity index (χ4n) is 0.360. The van der Waals surface area contributed by atoms with Gasteiger partial charge in [-0.25, -0.2) is 0 Å². The van der Waals surface area contributed by atoms with Crippen molar-refractivity contribution in [1.82, 2.24) is 0 Å². The first-order valence-electron chi connectivity index (χ1n) is 2.65. The van der Waals surface area contributed by atoms with Crippen molar-refractivity contribution in [1.29, 1.82) is 0 Å². The molecule has 0 saturated heterocycles. The number of hydrogen-bond acceptors (Lipinski definition) is 3. The number of carbonyl (C=O) groups is 3. The van der Waals surface area contributed by atoms with Gasteiger partial charge in [-0.3, -0.25) is 14.4 Å². The van der Waals surface area contributed by atoms with Gasteiger partial charge in [0.1, 0.15) is 0 Å². The lowest BCUT2D eigenvalue weighted by Gasteiger charge is -1.90. The Hall–Kier alpha value is -1.39. The molecular formula is C5H8N2O3. The van der Waals surface area contributed by atoms with Crippen LogP contribution in [0.2, 0.25) is 0 Å². The Morgan fingerprint density at radius 1 is 1.00 bits per heavy atom. The van der Waals surface area contributed by atoms with Crippen molar-refractivity contribution < 1.29 is 14.4 Å². The first-order valence-corrected chi connectivity index (χ1v) is 2.65. The average molecular weight is 144 g/mol. The lowest BCUT2D eigenvalue weighted by atomic mass is 10.2. The highest BCUT2D eigenvalue weighted by Gasteiger charge is 2.09. The van der Waals surface area contributed by atoms with Gasteiger partial charge in [0, 0.05) is 12.8 Å². The molecule has 0 atom stereocenters. The average Bonchev–Trinajstić information content (AvgIpc) is 1.82. The summed E-state index contributed by atoms with van der Waals surface area (Å²) in [5.41, 5.74) is 9.28. The molecule has 5 heteroatoms. The van der Waals surface area contributed by atoms with Crippen LogP contribution in [0.3, 0.4) is 0 Å². The van der Waals surface area contributed by atoms with E-state index in [1.165, 1.54) is 0 Å². The number of amides is 2. The maximum absolute atomic E-state index is 10.4. The van der Waals surface area contributed by atoms with Crippen LogP contribution in [0.5, 0.6) is 0 Å². The number of nitrogens with two attached hydrogens (primary N) is 2. The van der Waals surface area contributed by atoms with Crippen LogP contribution in [0.15, 0.2) is 0 Å². The summed E-state index contributed by atoms with van der Waals surface area (Å²) >= 11 is 0. The molecule has 0 unspecified atom stereocenters. The Labute approximate surface area is 57.4 Å². The van der Waals surface area contributed by atoms with E-state index < -0.39 is 17.6 Å². The molecule has 0 aliphatic heterocycles. The first-order chi connectivity index (χ1) is 4.54. The molecule has 0 heterocycles. The molecule has 0 aliphatic rings. The van der Waals surface area contributed by atoms with Crippen LogP contribution in [0.4, 0.5) is 0 Å². The van der Waals surface area contributed by atoms with Crippen LogP contribution in [-0.2, 0) is 14.4 Å². The standard InChI is InChI=1S/C5H8N2O3/c6-4(9)2-1-3(8)5(7)10/h1-2H2,(H2,6,9)(H2,7,10). The fraction of sp³-hybridized carbons (Fsp3) is 0.400. The van der Waals surface area contributed by atoms with Gasteiger partial charge >= 0.3 is 0 Å².